The van der Waals surface area contributed by atoms with Crippen LogP contribution in [0, 0.1) is 0 Å². The molecule has 2 aromatic carbocycles. The third-order valence-corrected chi connectivity index (χ3v) is 5.33. The highest BCUT2D eigenvalue weighted by atomic mass is 16.5. The van der Waals surface area contributed by atoms with E-state index < -0.39 is 12.1 Å². The number of methoxy groups -OCH3 is 1. The van der Waals surface area contributed by atoms with Crippen LogP contribution >= 0.6 is 0 Å². The van der Waals surface area contributed by atoms with Gasteiger partial charge in [-0.1, -0.05) is 30.3 Å². The fraction of sp³-hybridized carbons (Fsp3) is 0.261. The quantitative estimate of drug-likeness (QED) is 0.547. The van der Waals surface area contributed by atoms with Gasteiger partial charge in [-0.2, -0.15) is 0 Å². The van der Waals surface area contributed by atoms with E-state index in [1.807, 2.05) is 65.4 Å². The van der Waals surface area contributed by atoms with Gasteiger partial charge >= 0.3 is 6.03 Å². The number of fused-ring (bicyclic) bond motifs is 1. The summed E-state index contributed by atoms with van der Waals surface area (Å²) in [5.74, 6) is 0.135. The molecule has 8 heteroatoms. The number of benzene rings is 2. The lowest BCUT2D eigenvalue weighted by Gasteiger charge is -2.13. The van der Waals surface area contributed by atoms with E-state index in [0.29, 0.717) is 13.1 Å². The molecule has 1 aliphatic heterocycles. The molecule has 2 heterocycles. The molecule has 3 aromatic rings. The van der Waals surface area contributed by atoms with Crippen LogP contribution in [0.2, 0.25) is 0 Å². The second-order valence-electron chi connectivity index (χ2n) is 7.40. The van der Waals surface area contributed by atoms with Gasteiger partial charge in [-0.05, 0) is 29.8 Å². The first-order valence-electron chi connectivity index (χ1n) is 10.1. The van der Waals surface area contributed by atoms with Crippen molar-refractivity contribution >= 4 is 28.7 Å². The molecule has 4 amide bonds. The van der Waals surface area contributed by atoms with Gasteiger partial charge in [0.1, 0.15) is 11.8 Å². The Morgan fingerprint density at radius 2 is 1.94 bits per heavy atom. The molecule has 0 radical (unpaired) electrons. The Morgan fingerprint density at radius 3 is 2.71 bits per heavy atom. The Balaban J connectivity index is 1.28. The van der Waals surface area contributed by atoms with Gasteiger partial charge in [-0.15, -0.1) is 0 Å². The number of rotatable bonds is 8. The number of carbonyl (C=O) groups excluding carboxylic acids is 3. The van der Waals surface area contributed by atoms with Gasteiger partial charge in [-0.25, -0.2) is 4.79 Å². The fourth-order valence-corrected chi connectivity index (χ4v) is 3.70. The van der Waals surface area contributed by atoms with Crippen molar-refractivity contribution in [2.45, 2.75) is 25.6 Å². The van der Waals surface area contributed by atoms with Gasteiger partial charge in [-0.3, -0.25) is 14.5 Å². The zero-order valence-corrected chi connectivity index (χ0v) is 17.2. The van der Waals surface area contributed by atoms with Crippen molar-refractivity contribution in [3.8, 4) is 5.75 Å². The highest BCUT2D eigenvalue weighted by Crippen LogP contribution is 2.21. The number of amides is 4. The molecule has 0 aliphatic carbocycles. The van der Waals surface area contributed by atoms with E-state index >= 15 is 0 Å². The molecule has 1 unspecified atom stereocenters. The Labute approximate surface area is 179 Å². The number of aromatic nitrogens is 1. The molecule has 1 fully saturated rings. The summed E-state index contributed by atoms with van der Waals surface area (Å²) in [6, 6.07) is 15.8. The van der Waals surface area contributed by atoms with Crippen LogP contribution < -0.4 is 15.4 Å². The standard InChI is InChI=1S/C23H24N4O4/c1-31-18-7-8-20-17(13-18)9-11-26(20)12-10-24-21(28)14-19-22(29)27(23(30)25-19)15-16-5-3-2-4-6-16/h2-9,11,13,19H,10,12,14-15H2,1H3,(H,24,28)(H,25,30). The second-order valence-corrected chi connectivity index (χ2v) is 7.40. The fourth-order valence-electron chi connectivity index (χ4n) is 3.70. The van der Waals surface area contributed by atoms with E-state index in [1.165, 1.54) is 0 Å². The van der Waals surface area contributed by atoms with Crippen molar-refractivity contribution in [1.29, 1.82) is 0 Å². The number of imide groups is 1. The van der Waals surface area contributed by atoms with Crippen molar-refractivity contribution in [1.82, 2.24) is 20.1 Å². The number of nitrogens with one attached hydrogen (secondary N) is 2. The zero-order chi connectivity index (χ0) is 21.8. The van der Waals surface area contributed by atoms with E-state index in [9.17, 15) is 14.4 Å². The molecule has 0 spiro atoms. The smallest absolute Gasteiger partial charge is 0.325 e. The van der Waals surface area contributed by atoms with Crippen LogP contribution in [0.3, 0.4) is 0 Å². The predicted octanol–water partition coefficient (Wildman–Crippen LogP) is 2.28. The first-order chi connectivity index (χ1) is 15.0. The van der Waals surface area contributed by atoms with E-state index in [4.69, 9.17) is 4.74 Å². The molecule has 1 saturated heterocycles. The molecule has 31 heavy (non-hydrogen) atoms. The topological polar surface area (TPSA) is 92.7 Å². The average Bonchev–Trinajstić information content (AvgIpc) is 3.30. The number of nitrogens with zero attached hydrogens (tertiary/aromatic N) is 2. The summed E-state index contributed by atoms with van der Waals surface area (Å²) in [5, 5.41) is 6.49. The largest absolute Gasteiger partial charge is 0.497 e. The maximum absolute atomic E-state index is 12.6. The van der Waals surface area contributed by atoms with E-state index in [1.54, 1.807) is 7.11 Å². The zero-order valence-electron chi connectivity index (χ0n) is 17.2. The maximum Gasteiger partial charge on any atom is 0.325 e. The van der Waals surface area contributed by atoms with Crippen molar-refractivity contribution < 1.29 is 19.1 Å². The van der Waals surface area contributed by atoms with Crippen LogP contribution in [0.1, 0.15) is 12.0 Å². The molecule has 1 atom stereocenters. The maximum atomic E-state index is 12.6. The van der Waals surface area contributed by atoms with Crippen molar-refractivity contribution in [2.75, 3.05) is 13.7 Å². The summed E-state index contributed by atoms with van der Waals surface area (Å²) in [5.41, 5.74) is 1.90. The van der Waals surface area contributed by atoms with Crippen LogP contribution in [-0.2, 0) is 22.7 Å². The molecule has 2 N–H and O–H groups in total. The molecule has 160 valence electrons. The summed E-state index contributed by atoms with van der Waals surface area (Å²) in [7, 11) is 1.63. The van der Waals surface area contributed by atoms with Gasteiger partial charge in [0.05, 0.1) is 20.1 Å². The molecule has 8 nitrogen and oxygen atoms in total. The predicted molar refractivity (Wildman–Crippen MR) is 115 cm³/mol. The summed E-state index contributed by atoms with van der Waals surface area (Å²) in [4.78, 5) is 38.2. The molecule has 1 aromatic heterocycles. The molecule has 0 bridgehead atoms. The van der Waals surface area contributed by atoms with Crippen molar-refractivity contribution in [2.24, 2.45) is 0 Å². The Hall–Kier alpha value is -3.81. The van der Waals surface area contributed by atoms with Crippen LogP contribution in [0.25, 0.3) is 10.9 Å². The first-order valence-corrected chi connectivity index (χ1v) is 10.1. The Morgan fingerprint density at radius 1 is 1.13 bits per heavy atom. The summed E-state index contributed by atoms with van der Waals surface area (Å²) < 4.78 is 7.28. The van der Waals surface area contributed by atoms with Crippen molar-refractivity contribution in [3.05, 3.63) is 66.4 Å². The first kappa shape index (κ1) is 20.5. The van der Waals surface area contributed by atoms with Gasteiger partial charge in [0, 0.05) is 30.2 Å². The van der Waals surface area contributed by atoms with Gasteiger partial charge in [0.25, 0.3) is 5.91 Å². The van der Waals surface area contributed by atoms with Crippen LogP contribution in [0.15, 0.2) is 60.8 Å². The minimum absolute atomic E-state index is 0.0838. The third-order valence-electron chi connectivity index (χ3n) is 5.33. The molecular weight excluding hydrogens is 396 g/mol. The molecule has 1 aliphatic rings. The normalized spacial score (nSPS) is 15.9. The minimum Gasteiger partial charge on any atom is -0.497 e. The van der Waals surface area contributed by atoms with Crippen molar-refractivity contribution in [3.63, 3.8) is 0 Å². The lowest BCUT2D eigenvalue weighted by atomic mass is 10.1. The summed E-state index contributed by atoms with van der Waals surface area (Å²) in [6.45, 7) is 1.19. The Bertz CT molecular complexity index is 1110. The number of urea groups is 1. The van der Waals surface area contributed by atoms with Gasteiger partial charge in [0.2, 0.25) is 5.91 Å². The molecular formula is C23H24N4O4. The van der Waals surface area contributed by atoms with E-state index in [2.05, 4.69) is 10.6 Å². The number of ether oxygens (including phenoxy) is 1. The number of carbonyl (C=O) groups is 3. The lowest BCUT2D eigenvalue weighted by molar-refractivity contribution is -0.131. The lowest BCUT2D eigenvalue weighted by Crippen LogP contribution is -2.37. The van der Waals surface area contributed by atoms with Gasteiger partial charge in [0.15, 0.2) is 0 Å². The van der Waals surface area contributed by atoms with Gasteiger partial charge < -0.3 is 19.9 Å². The summed E-state index contributed by atoms with van der Waals surface area (Å²) >= 11 is 0. The third kappa shape index (κ3) is 4.53. The molecule has 4 rings (SSSR count). The molecule has 0 saturated carbocycles. The second kappa shape index (κ2) is 8.91. The van der Waals surface area contributed by atoms with Crippen LogP contribution in [0.5, 0.6) is 5.75 Å². The Kier molecular flexibility index (Phi) is 5.88. The minimum atomic E-state index is -0.837. The van der Waals surface area contributed by atoms with Crippen LogP contribution in [-0.4, -0.2) is 47.0 Å². The average molecular weight is 420 g/mol. The van der Waals surface area contributed by atoms with E-state index in [-0.39, 0.29) is 24.8 Å². The summed E-state index contributed by atoms with van der Waals surface area (Å²) in [6.07, 6.45) is 1.87. The highest BCUT2D eigenvalue weighted by Gasteiger charge is 2.38. The SMILES string of the molecule is COc1ccc2c(ccn2CCNC(=O)CC2NC(=O)N(Cc3ccccc3)C2=O)c1. The highest BCUT2D eigenvalue weighted by molar-refractivity contribution is 6.05. The number of hydrogen-bond donors (Lipinski definition) is 2. The van der Waals surface area contributed by atoms with E-state index in [0.717, 1.165) is 27.1 Å². The monoisotopic (exact) mass is 420 g/mol. The number of hydrogen-bond acceptors (Lipinski definition) is 4. The van der Waals surface area contributed by atoms with Crippen LogP contribution in [0.4, 0.5) is 4.79 Å².